The summed E-state index contributed by atoms with van der Waals surface area (Å²) in [5.41, 5.74) is 0. The molecule has 0 unspecified atom stereocenters. The summed E-state index contributed by atoms with van der Waals surface area (Å²) in [6, 6.07) is 0. The smallest absolute Gasteiger partial charge is 1.00 e. The number of rotatable bonds is 0. The molecule has 0 fully saturated rings. The normalized spacial score (nSPS) is 0. The maximum atomic E-state index is 0. The molecule has 0 aromatic heterocycles. The summed E-state index contributed by atoms with van der Waals surface area (Å²) in [5, 5.41) is 0. The fourth-order valence-corrected chi connectivity index (χ4v) is 0. The van der Waals surface area contributed by atoms with Gasteiger partial charge in [-0.3, -0.25) is 0 Å². The van der Waals surface area contributed by atoms with Crippen molar-refractivity contribution in [2.75, 3.05) is 0 Å². The van der Waals surface area contributed by atoms with Crippen molar-refractivity contribution >= 4 is 0 Å². The van der Waals surface area contributed by atoms with E-state index in [1.807, 2.05) is 0 Å². The van der Waals surface area contributed by atoms with Crippen molar-refractivity contribution in [3.05, 3.63) is 0 Å². The van der Waals surface area contributed by atoms with E-state index in [-0.39, 0.29) is 109 Å². The third kappa shape index (κ3) is 27.1. The molecular formula is H2Br4CrI. The molecule has 0 aliphatic heterocycles. The molecule has 0 aliphatic carbocycles. The van der Waals surface area contributed by atoms with Gasteiger partial charge in [0.2, 0.25) is 24.0 Å². The Kier molecular flexibility index (Phi) is 422. The van der Waals surface area contributed by atoms with Crippen LogP contribution < -0.4 is 91.9 Å². The van der Waals surface area contributed by atoms with Crippen LogP contribution in [0.2, 0.25) is 0 Å². The molecule has 0 amide bonds. The van der Waals surface area contributed by atoms with Gasteiger partial charge >= 0.3 is 17.4 Å². The Hall–Kier alpha value is 3.18. The predicted octanol–water partition coefficient (Wildman–Crippen LogP) is -15.5. The van der Waals surface area contributed by atoms with Crippen LogP contribution in [-0.4, -0.2) is 0 Å². The van der Waals surface area contributed by atoms with Gasteiger partial charge in [-0.15, -0.1) is 0 Å². The summed E-state index contributed by atoms with van der Waals surface area (Å²) in [6.45, 7) is 0. The summed E-state index contributed by atoms with van der Waals surface area (Å²) in [4.78, 5) is 0. The first-order valence-electron chi connectivity index (χ1n) is 0. The van der Waals surface area contributed by atoms with Gasteiger partial charge in [-0.1, -0.05) is 0 Å². The second kappa shape index (κ2) is 41.7. The molecule has 0 heterocycles. The molecule has 0 spiro atoms. The Labute approximate surface area is 107 Å². The molecule has 0 saturated carbocycles. The average Bonchev–Trinajstić information content (AvgIpc) is 0. The maximum absolute atomic E-state index is 0. The summed E-state index contributed by atoms with van der Waals surface area (Å²) in [5.74, 6) is 0. The number of halogens is 5. The summed E-state index contributed by atoms with van der Waals surface area (Å²) < 4.78 is 0. The van der Waals surface area contributed by atoms with Crippen LogP contribution in [0.25, 0.3) is 0 Å². The van der Waals surface area contributed by atoms with Gasteiger partial charge in [-0.25, -0.2) is 0 Å². The quantitative estimate of drug-likeness (QED) is 0.290. The zero-order valence-electron chi connectivity index (χ0n) is 2.37. The summed E-state index contributed by atoms with van der Waals surface area (Å²) >= 11 is 0. The van der Waals surface area contributed by atoms with Crippen molar-refractivity contribution in [2.45, 2.75) is 0 Å². The van der Waals surface area contributed by atoms with E-state index < -0.39 is 0 Å². The van der Waals surface area contributed by atoms with Crippen LogP contribution in [0.3, 0.4) is 0 Å². The van der Waals surface area contributed by atoms with Gasteiger partial charge in [0.15, 0.2) is 0 Å². The average molecular weight is 501 g/mol. The molecular weight excluding hydrogens is 499 g/mol. The van der Waals surface area contributed by atoms with E-state index in [1.165, 1.54) is 0 Å². The predicted molar refractivity (Wildman–Crippen MR) is 2.79 cm³/mol. The topological polar surface area (TPSA) is 0 Å². The largest absolute Gasteiger partial charge is 3.00 e. The number of hydrogen-bond acceptors (Lipinski definition) is 0. The van der Waals surface area contributed by atoms with Crippen LogP contribution >= 0.6 is 0 Å². The van der Waals surface area contributed by atoms with E-state index >= 15 is 0 Å². The SMILES string of the molecule is [Br-].[Br-].[Br-].[Br-].[Cr+3].[IH2+]. The standard InChI is InChI=1S/4BrH.Cr.H2I/h4*1H;;1H2/q;;;;+3;+1/p-4. The van der Waals surface area contributed by atoms with Crippen molar-refractivity contribution in [3.63, 3.8) is 0 Å². The minimum absolute atomic E-state index is 0. The van der Waals surface area contributed by atoms with E-state index in [0.717, 1.165) is 0 Å². The Morgan fingerprint density at radius 1 is 0.500 bits per heavy atom. The van der Waals surface area contributed by atoms with E-state index in [1.54, 1.807) is 0 Å². The second-order valence-electron chi connectivity index (χ2n) is 0. The van der Waals surface area contributed by atoms with Gasteiger partial charge in [-0.05, 0) is 0 Å². The van der Waals surface area contributed by atoms with E-state index in [0.29, 0.717) is 0 Å². The van der Waals surface area contributed by atoms with Crippen molar-refractivity contribution in [3.8, 4) is 0 Å². The molecule has 0 atom stereocenters. The molecule has 0 aliphatic rings. The van der Waals surface area contributed by atoms with Crippen molar-refractivity contribution < 1.29 is 109 Å². The number of hydrogen-bond donors (Lipinski definition) is 0. The Morgan fingerprint density at radius 3 is 0.500 bits per heavy atom. The van der Waals surface area contributed by atoms with Crippen molar-refractivity contribution in [1.82, 2.24) is 0 Å². The first kappa shape index (κ1) is 60.7. The molecule has 0 aromatic rings. The molecule has 0 rings (SSSR count). The van der Waals surface area contributed by atoms with Crippen molar-refractivity contribution in [1.29, 1.82) is 0 Å². The van der Waals surface area contributed by atoms with Crippen LogP contribution in [-0.2, 0) is 17.4 Å². The Balaban J connectivity index is 0. The third-order valence-corrected chi connectivity index (χ3v) is 0. The monoisotopic (exact) mass is 497 g/mol. The maximum Gasteiger partial charge on any atom is 3.00 e. The van der Waals surface area contributed by atoms with E-state index in [4.69, 9.17) is 0 Å². The van der Waals surface area contributed by atoms with E-state index in [2.05, 4.69) is 0 Å². The van der Waals surface area contributed by atoms with Gasteiger partial charge in [-0.2, -0.15) is 0 Å². The summed E-state index contributed by atoms with van der Waals surface area (Å²) in [7, 11) is 0. The molecule has 0 nitrogen and oxygen atoms in total. The van der Waals surface area contributed by atoms with Crippen LogP contribution in [0.1, 0.15) is 0 Å². The Morgan fingerprint density at radius 2 is 0.500 bits per heavy atom. The minimum Gasteiger partial charge on any atom is -1.00 e. The molecule has 0 bridgehead atoms. The van der Waals surface area contributed by atoms with Gasteiger partial charge in [0.25, 0.3) is 0 Å². The molecule has 0 saturated heterocycles. The molecule has 0 aromatic carbocycles. The minimum atomic E-state index is 0. The van der Waals surface area contributed by atoms with E-state index in [9.17, 15) is 0 Å². The molecule has 1 radical (unpaired) electrons. The molecule has 0 N–H and O–H groups in total. The fourth-order valence-electron chi connectivity index (χ4n) is 0. The molecule has 6 heavy (non-hydrogen) atoms. The van der Waals surface area contributed by atoms with Crippen molar-refractivity contribution in [2.24, 2.45) is 0 Å². The Bertz CT molecular complexity index is 7.51. The first-order chi connectivity index (χ1) is 0. The van der Waals surface area contributed by atoms with Crippen LogP contribution in [0, 0.1) is 0 Å². The first-order valence-corrected chi connectivity index (χ1v) is 0. The second-order valence-corrected chi connectivity index (χ2v) is 0. The zero-order chi connectivity index (χ0) is 0. The third-order valence-electron chi connectivity index (χ3n) is 0. The zero-order valence-corrected chi connectivity index (χ0v) is 12.5. The summed E-state index contributed by atoms with van der Waals surface area (Å²) in [6.07, 6.45) is 0. The molecule has 6 heteroatoms. The fraction of sp³-hybridized carbons (Fsp3) is 0. The molecule has 43 valence electrons. The van der Waals surface area contributed by atoms with Gasteiger partial charge in [0, 0.05) is 0 Å². The van der Waals surface area contributed by atoms with Crippen LogP contribution in [0.4, 0.5) is 0 Å². The van der Waals surface area contributed by atoms with Crippen LogP contribution in [0.5, 0.6) is 0 Å². The van der Waals surface area contributed by atoms with Gasteiger partial charge in [0.05, 0.1) is 0 Å². The van der Waals surface area contributed by atoms with Crippen LogP contribution in [0.15, 0.2) is 0 Å². The van der Waals surface area contributed by atoms with Gasteiger partial charge < -0.3 is 67.9 Å². The van der Waals surface area contributed by atoms with Gasteiger partial charge in [0.1, 0.15) is 0 Å².